The number of benzene rings is 1. The van der Waals surface area contributed by atoms with Gasteiger partial charge in [0.15, 0.2) is 0 Å². The van der Waals surface area contributed by atoms with Gasteiger partial charge in [-0.2, -0.15) is 11.8 Å². The van der Waals surface area contributed by atoms with E-state index < -0.39 is 0 Å². The summed E-state index contributed by atoms with van der Waals surface area (Å²) >= 11 is 2.05. The predicted octanol–water partition coefficient (Wildman–Crippen LogP) is 2.67. The Balaban J connectivity index is 1.70. The highest BCUT2D eigenvalue weighted by atomic mass is 32.2. The van der Waals surface area contributed by atoms with Crippen molar-refractivity contribution in [3.05, 3.63) is 30.1 Å². The molecule has 1 heterocycles. The molecular formula is C13H19FN2S. The summed E-state index contributed by atoms with van der Waals surface area (Å²) in [6.07, 6.45) is 0. The minimum absolute atomic E-state index is 0.183. The highest BCUT2D eigenvalue weighted by Crippen LogP contribution is 2.17. The van der Waals surface area contributed by atoms with Crippen molar-refractivity contribution in [2.24, 2.45) is 0 Å². The van der Waals surface area contributed by atoms with Gasteiger partial charge in [-0.05, 0) is 24.3 Å². The first-order valence-corrected chi connectivity index (χ1v) is 7.12. The van der Waals surface area contributed by atoms with E-state index in [0.29, 0.717) is 0 Å². The third-order valence-electron chi connectivity index (χ3n) is 2.93. The zero-order valence-electron chi connectivity index (χ0n) is 10.2. The highest BCUT2D eigenvalue weighted by molar-refractivity contribution is 7.99. The number of nitrogens with one attached hydrogen (secondary N) is 1. The van der Waals surface area contributed by atoms with E-state index >= 15 is 0 Å². The van der Waals surface area contributed by atoms with Crippen molar-refractivity contribution in [2.45, 2.75) is 12.2 Å². The predicted molar refractivity (Wildman–Crippen MR) is 73.2 cm³/mol. The number of rotatable bonds is 4. The van der Waals surface area contributed by atoms with Crippen LogP contribution in [0, 0.1) is 5.82 Å². The second-order valence-electron chi connectivity index (χ2n) is 4.42. The van der Waals surface area contributed by atoms with Crippen LogP contribution in [-0.2, 0) is 0 Å². The van der Waals surface area contributed by atoms with Gasteiger partial charge in [0.1, 0.15) is 5.82 Å². The molecule has 1 N–H and O–H groups in total. The minimum atomic E-state index is -0.183. The highest BCUT2D eigenvalue weighted by Gasteiger charge is 2.15. The molecular weight excluding hydrogens is 235 g/mol. The number of nitrogens with zero attached hydrogens (tertiary/aromatic N) is 1. The van der Waals surface area contributed by atoms with Gasteiger partial charge in [0.25, 0.3) is 0 Å². The molecule has 0 saturated carbocycles. The van der Waals surface area contributed by atoms with Gasteiger partial charge < -0.3 is 5.32 Å². The van der Waals surface area contributed by atoms with Crippen molar-refractivity contribution in [1.82, 2.24) is 4.90 Å². The van der Waals surface area contributed by atoms with E-state index in [1.807, 2.05) is 11.8 Å². The third kappa shape index (κ3) is 4.21. The molecule has 1 saturated heterocycles. The van der Waals surface area contributed by atoms with Crippen LogP contribution in [0.25, 0.3) is 0 Å². The number of anilines is 1. The summed E-state index contributed by atoms with van der Waals surface area (Å²) in [7, 11) is 0. The van der Waals surface area contributed by atoms with Crippen molar-refractivity contribution in [2.75, 3.05) is 37.2 Å². The average Bonchev–Trinajstić information content (AvgIpc) is 2.32. The molecule has 0 bridgehead atoms. The lowest BCUT2D eigenvalue weighted by Crippen LogP contribution is -2.39. The Kier molecular flexibility index (Phi) is 4.68. The van der Waals surface area contributed by atoms with Crippen LogP contribution in [0.1, 0.15) is 6.92 Å². The lowest BCUT2D eigenvalue weighted by molar-refractivity contribution is 0.297. The van der Waals surface area contributed by atoms with E-state index in [0.717, 1.165) is 24.0 Å². The van der Waals surface area contributed by atoms with Gasteiger partial charge in [-0.25, -0.2) is 4.39 Å². The lowest BCUT2D eigenvalue weighted by Gasteiger charge is -2.30. The number of hydrogen-bond donors (Lipinski definition) is 1. The molecule has 0 aromatic heterocycles. The van der Waals surface area contributed by atoms with E-state index in [1.54, 1.807) is 12.1 Å². The average molecular weight is 254 g/mol. The summed E-state index contributed by atoms with van der Waals surface area (Å²) in [5, 5.41) is 4.06. The Labute approximate surface area is 107 Å². The maximum Gasteiger partial charge on any atom is 0.123 e. The van der Waals surface area contributed by atoms with Crippen LogP contribution in [0.5, 0.6) is 0 Å². The fourth-order valence-corrected chi connectivity index (χ4v) is 3.10. The molecule has 4 heteroatoms. The first-order valence-electron chi connectivity index (χ1n) is 6.07. The Morgan fingerprint density at radius 3 is 2.88 bits per heavy atom. The Morgan fingerprint density at radius 1 is 1.41 bits per heavy atom. The van der Waals surface area contributed by atoms with Crippen molar-refractivity contribution in [1.29, 1.82) is 0 Å². The van der Waals surface area contributed by atoms with Gasteiger partial charge in [-0.15, -0.1) is 0 Å². The number of halogens is 1. The Morgan fingerprint density at radius 2 is 2.18 bits per heavy atom. The molecule has 0 spiro atoms. The Hall–Kier alpha value is -0.740. The summed E-state index contributed by atoms with van der Waals surface area (Å²) in [4.78, 5) is 2.48. The number of hydrogen-bond acceptors (Lipinski definition) is 3. The molecule has 1 atom stereocenters. The van der Waals surface area contributed by atoms with Crippen molar-refractivity contribution < 1.29 is 4.39 Å². The van der Waals surface area contributed by atoms with E-state index in [1.165, 1.54) is 31.0 Å². The molecule has 0 radical (unpaired) electrons. The van der Waals surface area contributed by atoms with Crippen molar-refractivity contribution in [3.8, 4) is 0 Å². The van der Waals surface area contributed by atoms with Crippen LogP contribution >= 0.6 is 11.8 Å². The second kappa shape index (κ2) is 6.26. The van der Waals surface area contributed by atoms with Crippen LogP contribution in [0.3, 0.4) is 0 Å². The van der Waals surface area contributed by atoms with Gasteiger partial charge in [0.05, 0.1) is 0 Å². The fourth-order valence-electron chi connectivity index (χ4n) is 2.02. The summed E-state index contributed by atoms with van der Waals surface area (Å²) in [5.74, 6) is 1.05. The summed E-state index contributed by atoms with van der Waals surface area (Å²) < 4.78 is 12.7. The standard InChI is InChI=1S/C13H19FN2S/c1-11-10-16(8-9-17-11)7-6-15-13-4-2-12(14)3-5-13/h2-5,11,15H,6-10H2,1H3. The van der Waals surface area contributed by atoms with Crippen LogP contribution in [0.4, 0.5) is 10.1 Å². The monoisotopic (exact) mass is 254 g/mol. The second-order valence-corrected chi connectivity index (χ2v) is 5.96. The first-order chi connectivity index (χ1) is 8.24. The fraction of sp³-hybridized carbons (Fsp3) is 0.538. The first kappa shape index (κ1) is 12.7. The zero-order valence-corrected chi connectivity index (χ0v) is 11.0. The molecule has 1 aromatic carbocycles. The van der Waals surface area contributed by atoms with Crippen LogP contribution < -0.4 is 5.32 Å². The lowest BCUT2D eigenvalue weighted by atomic mass is 10.3. The molecule has 1 aliphatic heterocycles. The van der Waals surface area contributed by atoms with E-state index in [2.05, 4.69) is 17.1 Å². The smallest absolute Gasteiger partial charge is 0.123 e. The maximum atomic E-state index is 12.7. The van der Waals surface area contributed by atoms with E-state index in [9.17, 15) is 4.39 Å². The van der Waals surface area contributed by atoms with Gasteiger partial charge in [-0.3, -0.25) is 4.90 Å². The van der Waals surface area contributed by atoms with Crippen LogP contribution in [-0.4, -0.2) is 42.1 Å². The molecule has 0 amide bonds. The van der Waals surface area contributed by atoms with E-state index in [4.69, 9.17) is 0 Å². The van der Waals surface area contributed by atoms with Gasteiger partial charge in [0.2, 0.25) is 0 Å². The summed E-state index contributed by atoms with van der Waals surface area (Å²) in [5.41, 5.74) is 0.992. The molecule has 1 aromatic rings. The minimum Gasteiger partial charge on any atom is -0.384 e. The molecule has 94 valence electrons. The summed E-state index contributed by atoms with van der Waals surface area (Å²) in [6.45, 7) is 6.62. The molecule has 1 fully saturated rings. The molecule has 17 heavy (non-hydrogen) atoms. The maximum absolute atomic E-state index is 12.7. The quantitative estimate of drug-likeness (QED) is 0.889. The molecule has 1 aliphatic rings. The SMILES string of the molecule is CC1CN(CCNc2ccc(F)cc2)CCS1. The van der Waals surface area contributed by atoms with E-state index in [-0.39, 0.29) is 5.82 Å². The van der Waals surface area contributed by atoms with Crippen molar-refractivity contribution in [3.63, 3.8) is 0 Å². The number of thioether (sulfide) groups is 1. The normalized spacial score (nSPS) is 21.4. The van der Waals surface area contributed by atoms with Gasteiger partial charge >= 0.3 is 0 Å². The molecule has 1 unspecified atom stereocenters. The zero-order chi connectivity index (χ0) is 12.1. The summed E-state index contributed by atoms with van der Waals surface area (Å²) in [6, 6.07) is 6.54. The molecule has 2 nitrogen and oxygen atoms in total. The van der Waals surface area contributed by atoms with Crippen LogP contribution in [0.15, 0.2) is 24.3 Å². The third-order valence-corrected chi connectivity index (χ3v) is 4.06. The largest absolute Gasteiger partial charge is 0.384 e. The van der Waals surface area contributed by atoms with Gasteiger partial charge in [-0.1, -0.05) is 6.92 Å². The molecule has 2 rings (SSSR count). The van der Waals surface area contributed by atoms with Crippen LogP contribution in [0.2, 0.25) is 0 Å². The molecule has 0 aliphatic carbocycles. The Bertz CT molecular complexity index is 342. The topological polar surface area (TPSA) is 15.3 Å². The van der Waals surface area contributed by atoms with Crippen molar-refractivity contribution >= 4 is 17.4 Å². The van der Waals surface area contributed by atoms with Gasteiger partial charge in [0, 0.05) is 42.9 Å².